The molecule has 0 atom stereocenters. The molecule has 0 amide bonds. The first-order chi connectivity index (χ1) is 10.5. The maximum atomic E-state index is 12.5. The van der Waals surface area contributed by atoms with E-state index in [1.54, 1.807) is 25.3 Å². The van der Waals surface area contributed by atoms with Gasteiger partial charge in [-0.1, -0.05) is 0 Å². The predicted molar refractivity (Wildman–Crippen MR) is 85.4 cm³/mol. The lowest BCUT2D eigenvalue weighted by Crippen LogP contribution is -2.32. The highest BCUT2D eigenvalue weighted by atomic mass is 16.5. The normalized spacial score (nSPS) is 17.3. The number of carbonyl (C=O) groups is 1. The van der Waals surface area contributed by atoms with Crippen LogP contribution in [0.2, 0.25) is 0 Å². The summed E-state index contributed by atoms with van der Waals surface area (Å²) in [7, 11) is 3.75. The van der Waals surface area contributed by atoms with Crippen LogP contribution in [0.3, 0.4) is 0 Å². The van der Waals surface area contributed by atoms with Gasteiger partial charge in [0.25, 0.3) is 0 Å². The summed E-state index contributed by atoms with van der Waals surface area (Å²) in [5.74, 6) is 0.119. The smallest absolute Gasteiger partial charge is 0.340 e. The Morgan fingerprint density at radius 1 is 1.45 bits per heavy atom. The topological polar surface area (TPSA) is 62.1 Å². The van der Waals surface area contributed by atoms with E-state index in [9.17, 15) is 9.90 Å². The molecule has 1 aliphatic heterocycles. The highest BCUT2D eigenvalue weighted by molar-refractivity contribution is 6.43. The molecule has 0 bridgehead atoms. The highest BCUT2D eigenvalue weighted by Gasteiger charge is 2.36. The Morgan fingerprint density at radius 2 is 2.18 bits per heavy atom. The molecule has 1 aromatic carbocycles. The fraction of sp³-hybridized carbons (Fsp3) is 0.412. The average molecular weight is 300 g/mol. The Hall–Kier alpha value is -2.30. The molecule has 3 rings (SSSR count). The maximum Gasteiger partial charge on any atom is 0.340 e. The number of aliphatic imine (C=N–C) groups is 1. The van der Waals surface area contributed by atoms with Crippen molar-refractivity contribution in [2.24, 2.45) is 10.9 Å². The number of hydrogen-bond acceptors (Lipinski definition) is 5. The van der Waals surface area contributed by atoms with Crippen LogP contribution in [-0.4, -0.2) is 42.4 Å². The Bertz CT molecular complexity index is 774. The zero-order valence-corrected chi connectivity index (χ0v) is 13.1. The molecule has 5 heteroatoms. The summed E-state index contributed by atoms with van der Waals surface area (Å²) in [6.07, 6.45) is 3.90. The van der Waals surface area contributed by atoms with Crippen LogP contribution in [0, 0.1) is 5.92 Å². The maximum absolute atomic E-state index is 12.5. The van der Waals surface area contributed by atoms with Crippen molar-refractivity contribution in [1.82, 2.24) is 4.90 Å². The number of phenolic OH excluding ortho intramolecular Hbond substituents is 1. The number of benzene rings is 1. The summed E-state index contributed by atoms with van der Waals surface area (Å²) in [6.45, 7) is 2.11. The number of rotatable bonds is 4. The van der Waals surface area contributed by atoms with Gasteiger partial charge in [0.15, 0.2) is 0 Å². The number of hydrogen-bond donors (Lipinski definition) is 1. The van der Waals surface area contributed by atoms with Gasteiger partial charge in [-0.2, -0.15) is 0 Å². The summed E-state index contributed by atoms with van der Waals surface area (Å²) in [5.41, 5.74) is 2.06. The van der Waals surface area contributed by atoms with Crippen molar-refractivity contribution in [3.8, 4) is 5.75 Å². The molecule has 1 saturated carbocycles. The van der Waals surface area contributed by atoms with Crippen molar-refractivity contribution >= 4 is 29.1 Å². The summed E-state index contributed by atoms with van der Waals surface area (Å²) < 4.78 is 5.22. The molecule has 1 aliphatic carbocycles. The van der Waals surface area contributed by atoms with Gasteiger partial charge in [-0.25, -0.2) is 4.79 Å². The van der Waals surface area contributed by atoms with Gasteiger partial charge in [0, 0.05) is 36.7 Å². The standard InChI is InChI=1S/C17H20N2O3/c1-4-22-17(21)15-14-11(9-19(2)3)13(20)8-7-12(14)18-16(15)10-5-6-10/h7-10,20H,4-6H2,1-3H3. The van der Waals surface area contributed by atoms with Crippen molar-refractivity contribution in [2.75, 3.05) is 20.7 Å². The Labute approximate surface area is 129 Å². The molecule has 0 spiro atoms. The van der Waals surface area contributed by atoms with Gasteiger partial charge in [0.2, 0.25) is 0 Å². The van der Waals surface area contributed by atoms with E-state index in [-0.39, 0.29) is 11.7 Å². The molecule has 1 N–H and O–H groups in total. The molecule has 116 valence electrons. The predicted octanol–water partition coefficient (Wildman–Crippen LogP) is 0.902. The van der Waals surface area contributed by atoms with Gasteiger partial charge in [-0.15, -0.1) is 0 Å². The molecule has 2 aliphatic rings. The lowest BCUT2D eigenvalue weighted by Gasteiger charge is -2.07. The fourth-order valence-electron chi connectivity index (χ4n) is 2.72. The van der Waals surface area contributed by atoms with Crippen molar-refractivity contribution in [1.29, 1.82) is 0 Å². The lowest BCUT2D eigenvalue weighted by atomic mass is 10.0. The van der Waals surface area contributed by atoms with Crippen LogP contribution in [0.15, 0.2) is 17.1 Å². The Morgan fingerprint density at radius 3 is 2.77 bits per heavy atom. The summed E-state index contributed by atoms with van der Waals surface area (Å²) in [4.78, 5) is 18.9. The highest BCUT2D eigenvalue weighted by Crippen LogP contribution is 2.37. The van der Waals surface area contributed by atoms with Crippen LogP contribution in [0.25, 0.3) is 11.8 Å². The summed E-state index contributed by atoms with van der Waals surface area (Å²) >= 11 is 0. The fourth-order valence-corrected chi connectivity index (χ4v) is 2.72. The largest absolute Gasteiger partial charge is 0.507 e. The summed E-state index contributed by atoms with van der Waals surface area (Å²) in [6, 6.07) is 3.38. The number of phenols is 1. The van der Waals surface area contributed by atoms with Crippen LogP contribution in [0.5, 0.6) is 5.75 Å². The van der Waals surface area contributed by atoms with E-state index in [0.717, 1.165) is 24.2 Å². The van der Waals surface area contributed by atoms with Crippen LogP contribution < -0.4 is 10.4 Å². The molecule has 0 radical (unpaired) electrons. The van der Waals surface area contributed by atoms with Crippen molar-refractivity contribution in [3.05, 3.63) is 22.6 Å². The van der Waals surface area contributed by atoms with Crippen molar-refractivity contribution < 1.29 is 14.6 Å². The van der Waals surface area contributed by atoms with Crippen molar-refractivity contribution in [2.45, 2.75) is 19.8 Å². The third-order valence-corrected chi connectivity index (χ3v) is 3.78. The SMILES string of the molecule is CCOC(=O)C1=c2c(ccc(O)c2=CN(C)C)N=C1C1CC1. The molecule has 1 fully saturated rings. The first kappa shape index (κ1) is 14.6. The molecule has 0 saturated heterocycles. The minimum absolute atomic E-state index is 0.140. The second kappa shape index (κ2) is 5.48. The molecule has 5 nitrogen and oxygen atoms in total. The van der Waals surface area contributed by atoms with E-state index in [2.05, 4.69) is 4.99 Å². The number of aromatic hydroxyl groups is 1. The van der Waals surface area contributed by atoms with Crippen LogP contribution in [-0.2, 0) is 9.53 Å². The van der Waals surface area contributed by atoms with E-state index >= 15 is 0 Å². The number of fused-ring (bicyclic) bond motifs is 1. The molecule has 22 heavy (non-hydrogen) atoms. The molecule has 1 aromatic rings. The van der Waals surface area contributed by atoms with Gasteiger partial charge < -0.3 is 14.7 Å². The third-order valence-electron chi connectivity index (χ3n) is 3.78. The second-order valence-corrected chi connectivity index (χ2v) is 5.85. The monoisotopic (exact) mass is 300 g/mol. The van der Waals surface area contributed by atoms with Crippen LogP contribution >= 0.6 is 0 Å². The molecular weight excluding hydrogens is 280 g/mol. The van der Waals surface area contributed by atoms with Gasteiger partial charge in [0.1, 0.15) is 5.75 Å². The zero-order chi connectivity index (χ0) is 15.9. The van der Waals surface area contributed by atoms with E-state index in [0.29, 0.717) is 28.5 Å². The Balaban J connectivity index is 2.32. The van der Waals surface area contributed by atoms with Crippen molar-refractivity contribution in [3.63, 3.8) is 0 Å². The number of esters is 1. The quantitative estimate of drug-likeness (QED) is 0.839. The van der Waals surface area contributed by atoms with Crippen LogP contribution in [0.1, 0.15) is 19.8 Å². The first-order valence-electron chi connectivity index (χ1n) is 7.53. The van der Waals surface area contributed by atoms with E-state index in [1.807, 2.05) is 19.0 Å². The van der Waals surface area contributed by atoms with Gasteiger partial charge in [-0.05, 0) is 31.9 Å². The number of nitrogens with zero attached hydrogens (tertiary/aromatic N) is 2. The van der Waals surface area contributed by atoms with E-state index in [1.165, 1.54) is 0 Å². The molecular formula is C17H20N2O3. The molecule has 0 aromatic heterocycles. The molecule has 0 unspecified atom stereocenters. The zero-order valence-electron chi connectivity index (χ0n) is 13.1. The third kappa shape index (κ3) is 2.47. The average Bonchev–Trinajstić information content (AvgIpc) is 3.22. The van der Waals surface area contributed by atoms with Crippen LogP contribution in [0.4, 0.5) is 5.69 Å². The number of ether oxygens (including phenoxy) is 1. The van der Waals surface area contributed by atoms with E-state index < -0.39 is 0 Å². The Kier molecular flexibility index (Phi) is 3.64. The first-order valence-corrected chi connectivity index (χ1v) is 7.53. The minimum atomic E-state index is -0.356. The van der Waals surface area contributed by atoms with Gasteiger partial charge in [-0.3, -0.25) is 4.99 Å². The van der Waals surface area contributed by atoms with E-state index in [4.69, 9.17) is 4.74 Å². The summed E-state index contributed by atoms with van der Waals surface area (Å²) in [5, 5.41) is 11.5. The number of carbonyl (C=O) groups excluding carboxylic acids is 1. The van der Waals surface area contributed by atoms with Gasteiger partial charge in [0.05, 0.1) is 23.6 Å². The van der Waals surface area contributed by atoms with Gasteiger partial charge >= 0.3 is 5.97 Å². The lowest BCUT2D eigenvalue weighted by molar-refractivity contribution is -0.135. The molecule has 1 heterocycles. The minimum Gasteiger partial charge on any atom is -0.507 e. The second-order valence-electron chi connectivity index (χ2n) is 5.85.